The molecule has 2 aliphatic rings. The van der Waals surface area contributed by atoms with E-state index in [0.717, 1.165) is 52.0 Å². The van der Waals surface area contributed by atoms with Crippen molar-refractivity contribution in [2.45, 2.75) is 31.7 Å². The van der Waals surface area contributed by atoms with Gasteiger partial charge in [-0.1, -0.05) is 11.6 Å². The van der Waals surface area contributed by atoms with E-state index in [1.54, 1.807) is 31.4 Å². The predicted molar refractivity (Wildman–Crippen MR) is 145 cm³/mol. The molecule has 2 fully saturated rings. The zero-order valence-electron chi connectivity index (χ0n) is 21.8. The van der Waals surface area contributed by atoms with Gasteiger partial charge in [-0.15, -0.1) is 0 Å². The quantitative estimate of drug-likeness (QED) is 0.375. The maximum absolute atomic E-state index is 13.4. The molecule has 0 atom stereocenters. The van der Waals surface area contributed by atoms with Crippen molar-refractivity contribution in [3.63, 3.8) is 0 Å². The van der Waals surface area contributed by atoms with Gasteiger partial charge >= 0.3 is 0 Å². The third-order valence-electron chi connectivity index (χ3n) is 7.10. The number of halogens is 1. The largest absolute Gasteiger partial charge is 0.475 e. The number of aromatic nitrogens is 2. The average molecular weight is 558 g/mol. The number of hydrogen-bond acceptors (Lipinski definition) is 9. The summed E-state index contributed by atoms with van der Waals surface area (Å²) in [6.07, 6.45) is 4.83. The molecular formula is C27H32ClN5O6. The highest BCUT2D eigenvalue weighted by atomic mass is 35.5. The maximum atomic E-state index is 13.4. The zero-order chi connectivity index (χ0) is 27.2. The molecular weight excluding hydrogens is 526 g/mol. The smallest absolute Gasteiger partial charge is 0.294 e. The van der Waals surface area contributed by atoms with Crippen LogP contribution in [0.5, 0.6) is 5.88 Å². The first kappa shape index (κ1) is 27.3. The van der Waals surface area contributed by atoms with Crippen LogP contribution >= 0.6 is 11.6 Å². The maximum Gasteiger partial charge on any atom is 0.294 e. The summed E-state index contributed by atoms with van der Waals surface area (Å²) in [5, 5.41) is 6.09. The summed E-state index contributed by atoms with van der Waals surface area (Å²) in [6.45, 7) is 4.08. The van der Waals surface area contributed by atoms with Gasteiger partial charge in [-0.05, 0) is 43.9 Å². The van der Waals surface area contributed by atoms with Crippen molar-refractivity contribution in [2.24, 2.45) is 5.92 Å². The van der Waals surface area contributed by atoms with Crippen molar-refractivity contribution >= 4 is 46.0 Å². The van der Waals surface area contributed by atoms with Gasteiger partial charge < -0.3 is 29.3 Å². The van der Waals surface area contributed by atoms with Crippen LogP contribution in [-0.4, -0.2) is 79.4 Å². The van der Waals surface area contributed by atoms with Gasteiger partial charge in [-0.2, -0.15) is 0 Å². The van der Waals surface area contributed by atoms with E-state index < -0.39 is 5.91 Å². The van der Waals surface area contributed by atoms with E-state index in [1.807, 2.05) is 0 Å². The van der Waals surface area contributed by atoms with Gasteiger partial charge in [0.2, 0.25) is 17.5 Å². The number of nitrogens with zero attached hydrogens (tertiary/aromatic N) is 3. The monoisotopic (exact) mass is 557 g/mol. The van der Waals surface area contributed by atoms with E-state index in [-0.39, 0.29) is 23.3 Å². The minimum atomic E-state index is -0.573. The molecule has 0 radical (unpaired) electrons. The molecule has 1 saturated heterocycles. The summed E-state index contributed by atoms with van der Waals surface area (Å²) in [6, 6.07) is 6.96. The normalized spacial score (nSPS) is 20.1. The number of ether oxygens (including phenoxy) is 3. The fourth-order valence-electron chi connectivity index (χ4n) is 5.04. The van der Waals surface area contributed by atoms with Crippen LogP contribution in [0.2, 0.25) is 5.02 Å². The molecule has 3 aromatic rings. The molecule has 0 unspecified atom stereocenters. The molecule has 0 aromatic carbocycles. The summed E-state index contributed by atoms with van der Waals surface area (Å²) >= 11 is 5.91. The average Bonchev–Trinajstić information content (AvgIpc) is 3.32. The lowest BCUT2D eigenvalue weighted by Gasteiger charge is -2.38. The molecule has 0 spiro atoms. The molecule has 11 nitrogen and oxygen atoms in total. The first-order chi connectivity index (χ1) is 19.0. The van der Waals surface area contributed by atoms with E-state index >= 15 is 0 Å². The highest BCUT2D eigenvalue weighted by molar-refractivity contribution is 6.30. The Labute approximate surface area is 231 Å². The molecule has 1 aliphatic carbocycles. The fraction of sp³-hybridized carbons (Fsp3) is 0.481. The SMILES string of the molecule is COCCOc1ccc2oc(C(=O)Nc3ccc(Cl)cn3)c(NC(=O)C3CCC(N4CCOCC4)CC3)c2n1. The van der Waals surface area contributed by atoms with Crippen LogP contribution < -0.4 is 15.4 Å². The molecule has 208 valence electrons. The molecule has 5 rings (SSSR count). The number of hydrogen-bond donors (Lipinski definition) is 2. The molecule has 3 aromatic heterocycles. The van der Waals surface area contributed by atoms with Gasteiger partial charge in [0.05, 0.1) is 24.8 Å². The van der Waals surface area contributed by atoms with E-state index in [0.29, 0.717) is 47.1 Å². The molecule has 39 heavy (non-hydrogen) atoms. The molecule has 4 heterocycles. The van der Waals surface area contributed by atoms with Crippen LogP contribution in [0.15, 0.2) is 34.9 Å². The number of fused-ring (bicyclic) bond motifs is 1. The Balaban J connectivity index is 1.35. The van der Waals surface area contributed by atoms with Crippen molar-refractivity contribution in [1.82, 2.24) is 14.9 Å². The number of furan rings is 1. The number of carbonyl (C=O) groups is 2. The molecule has 2 amide bonds. The first-order valence-corrected chi connectivity index (χ1v) is 13.5. The van der Waals surface area contributed by atoms with Gasteiger partial charge in [0.1, 0.15) is 23.6 Å². The number of methoxy groups -OCH3 is 1. The van der Waals surface area contributed by atoms with Crippen molar-refractivity contribution in [1.29, 1.82) is 0 Å². The van der Waals surface area contributed by atoms with Gasteiger partial charge in [-0.3, -0.25) is 14.5 Å². The summed E-state index contributed by atoms with van der Waals surface area (Å²) in [4.78, 5) is 37.8. The Hall–Kier alpha value is -3.25. The Morgan fingerprint density at radius 3 is 2.59 bits per heavy atom. The van der Waals surface area contributed by atoms with Crippen LogP contribution in [0.1, 0.15) is 36.2 Å². The minimum Gasteiger partial charge on any atom is -0.475 e. The number of amides is 2. The van der Waals surface area contributed by atoms with Crippen molar-refractivity contribution in [3.8, 4) is 5.88 Å². The fourth-order valence-corrected chi connectivity index (χ4v) is 5.15. The van der Waals surface area contributed by atoms with Gasteiger partial charge in [-0.25, -0.2) is 9.97 Å². The van der Waals surface area contributed by atoms with E-state index in [2.05, 4.69) is 25.5 Å². The van der Waals surface area contributed by atoms with Gasteiger partial charge in [0.15, 0.2) is 5.58 Å². The summed E-state index contributed by atoms with van der Waals surface area (Å²) < 4.78 is 22.0. The number of rotatable bonds is 9. The second-order valence-corrected chi connectivity index (χ2v) is 10.0. The Kier molecular flexibility index (Phi) is 8.92. The predicted octanol–water partition coefficient (Wildman–Crippen LogP) is 3.98. The third-order valence-corrected chi connectivity index (χ3v) is 7.32. The Morgan fingerprint density at radius 2 is 1.87 bits per heavy atom. The summed E-state index contributed by atoms with van der Waals surface area (Å²) in [7, 11) is 1.58. The van der Waals surface area contributed by atoms with Crippen LogP contribution in [0, 0.1) is 5.92 Å². The lowest BCUT2D eigenvalue weighted by Crippen LogP contribution is -2.45. The van der Waals surface area contributed by atoms with Crippen molar-refractivity contribution in [3.05, 3.63) is 41.2 Å². The standard InChI is InChI=1S/C27H32ClN5O6/c1-36-14-15-38-22-9-7-20-23(31-22)24(25(39-20)27(35)30-21-8-4-18(28)16-29-21)32-26(34)17-2-5-19(6-3-17)33-10-12-37-13-11-33/h4,7-9,16-17,19H,2-3,5-6,10-15H2,1H3,(H,32,34)(H,29,30,35). The lowest BCUT2D eigenvalue weighted by molar-refractivity contribution is -0.121. The zero-order valence-corrected chi connectivity index (χ0v) is 22.5. The number of pyridine rings is 2. The van der Waals surface area contributed by atoms with E-state index in [1.165, 1.54) is 6.20 Å². The molecule has 1 saturated carbocycles. The van der Waals surface area contributed by atoms with Crippen LogP contribution in [0.3, 0.4) is 0 Å². The highest BCUT2D eigenvalue weighted by Gasteiger charge is 2.32. The van der Waals surface area contributed by atoms with Crippen molar-refractivity contribution in [2.75, 3.05) is 57.3 Å². The van der Waals surface area contributed by atoms with Crippen LogP contribution in [0.25, 0.3) is 11.1 Å². The number of nitrogens with one attached hydrogen (secondary N) is 2. The van der Waals surface area contributed by atoms with E-state index in [9.17, 15) is 9.59 Å². The minimum absolute atomic E-state index is 0.0707. The molecule has 2 N–H and O–H groups in total. The highest BCUT2D eigenvalue weighted by Crippen LogP contribution is 2.34. The second-order valence-electron chi connectivity index (χ2n) is 9.60. The van der Waals surface area contributed by atoms with Crippen LogP contribution in [0.4, 0.5) is 11.5 Å². The second kappa shape index (κ2) is 12.7. The Morgan fingerprint density at radius 1 is 1.08 bits per heavy atom. The molecule has 12 heteroatoms. The lowest BCUT2D eigenvalue weighted by atomic mass is 9.84. The van der Waals surface area contributed by atoms with Gasteiger partial charge in [0, 0.05) is 44.4 Å². The van der Waals surface area contributed by atoms with Crippen molar-refractivity contribution < 1.29 is 28.2 Å². The Bertz CT molecular complexity index is 1290. The topological polar surface area (TPSA) is 128 Å². The number of anilines is 2. The first-order valence-electron chi connectivity index (χ1n) is 13.1. The molecule has 0 bridgehead atoms. The summed E-state index contributed by atoms with van der Waals surface area (Å²) in [5.41, 5.74) is 0.873. The van der Waals surface area contributed by atoms with Gasteiger partial charge in [0.25, 0.3) is 5.91 Å². The summed E-state index contributed by atoms with van der Waals surface area (Å²) in [5.74, 6) is -0.366. The third kappa shape index (κ3) is 6.67. The van der Waals surface area contributed by atoms with E-state index in [4.69, 9.17) is 30.2 Å². The number of carbonyl (C=O) groups excluding carboxylic acids is 2. The molecule has 1 aliphatic heterocycles. The van der Waals surface area contributed by atoms with Crippen LogP contribution in [-0.2, 0) is 14.3 Å². The number of morpholine rings is 1.